The quantitative estimate of drug-likeness (QED) is 0.461. The number of halogens is 9. The fraction of sp³-hybridized carbons (Fsp3) is 0.250. The number of benzene rings is 2. The Balaban J connectivity index is 2.07. The largest absolute Gasteiger partial charge is 0.460 e. The van der Waals surface area contributed by atoms with Crippen molar-refractivity contribution in [3.05, 3.63) is 47.5 Å². The maximum atomic E-state index is 13.7. The first-order valence-corrected chi connectivity index (χ1v) is 9.30. The summed E-state index contributed by atoms with van der Waals surface area (Å²) < 4.78 is 142. The van der Waals surface area contributed by atoms with E-state index in [1.165, 1.54) is 24.3 Å². The zero-order valence-electron chi connectivity index (χ0n) is 14.8. The van der Waals surface area contributed by atoms with E-state index in [9.17, 15) is 57.5 Å². The van der Waals surface area contributed by atoms with E-state index in [1.807, 2.05) is 0 Å². The molecule has 3 rings (SSSR count). The molecule has 0 saturated heterocycles. The van der Waals surface area contributed by atoms with Crippen molar-refractivity contribution in [1.29, 1.82) is 0 Å². The highest BCUT2D eigenvalue weighted by Gasteiger charge is 2.84. The predicted octanol–water partition coefficient (Wildman–Crippen LogP) is 4.12. The lowest BCUT2D eigenvalue weighted by Gasteiger charge is -2.33. The number of carbonyl (C=O) groups is 2. The monoisotopic (exact) mass is 495 g/mol. The minimum absolute atomic E-state index is 0.142. The van der Waals surface area contributed by atoms with Crippen molar-refractivity contribution in [3.63, 3.8) is 0 Å². The Hall–Kier alpha value is -2.88. The Bertz CT molecular complexity index is 1190. The number of nitrogens with zero attached hydrogens (tertiary/aromatic N) is 1. The van der Waals surface area contributed by atoms with Crippen LogP contribution in [0.3, 0.4) is 0 Å². The SMILES string of the molecule is O=C1c2cccc3cccc(c23)C(=O)N1S(=O)(=O)OC(F)(F)C(F)(F)C(F)(F)C(F)(F)F. The van der Waals surface area contributed by atoms with Gasteiger partial charge < -0.3 is 0 Å². The molecule has 0 saturated carbocycles. The van der Waals surface area contributed by atoms with Gasteiger partial charge in [0, 0.05) is 16.5 Å². The summed E-state index contributed by atoms with van der Waals surface area (Å²) in [6.45, 7) is 0. The lowest BCUT2D eigenvalue weighted by molar-refractivity contribution is -0.428. The van der Waals surface area contributed by atoms with Crippen LogP contribution in [0, 0.1) is 0 Å². The van der Waals surface area contributed by atoms with E-state index in [2.05, 4.69) is 4.18 Å². The van der Waals surface area contributed by atoms with Crippen LogP contribution < -0.4 is 0 Å². The van der Waals surface area contributed by atoms with Gasteiger partial charge in [-0.15, -0.1) is 4.31 Å². The fourth-order valence-corrected chi connectivity index (χ4v) is 3.84. The standard InChI is InChI=1S/C16H6F9NO5S/c17-13(18,15(21,22)23)14(19,20)16(24,25)31-32(29,30)26-11(27)8-5-1-3-7-4-2-6-9(10(7)8)12(26)28/h1-6H. The van der Waals surface area contributed by atoms with Gasteiger partial charge in [-0.1, -0.05) is 24.3 Å². The third kappa shape index (κ3) is 3.19. The predicted molar refractivity (Wildman–Crippen MR) is 85.3 cm³/mol. The number of imide groups is 1. The first kappa shape index (κ1) is 23.8. The minimum atomic E-state index is -7.45. The van der Waals surface area contributed by atoms with Crippen LogP contribution in [0.25, 0.3) is 10.8 Å². The molecule has 0 fully saturated rings. The first-order chi connectivity index (χ1) is 14.4. The molecule has 0 bridgehead atoms. The molecular weight excluding hydrogens is 489 g/mol. The fourth-order valence-electron chi connectivity index (χ4n) is 2.79. The molecular formula is C16H6F9NO5S. The number of hydrogen-bond acceptors (Lipinski definition) is 5. The number of carbonyl (C=O) groups excluding carboxylic acids is 2. The Kier molecular flexibility index (Phi) is 5.06. The number of amides is 2. The maximum absolute atomic E-state index is 13.7. The molecule has 2 amide bonds. The molecule has 2 aromatic carbocycles. The molecule has 0 spiro atoms. The van der Waals surface area contributed by atoms with E-state index in [0.29, 0.717) is 0 Å². The van der Waals surface area contributed by atoms with Crippen molar-refractivity contribution in [1.82, 2.24) is 4.31 Å². The topological polar surface area (TPSA) is 80.8 Å². The Morgan fingerprint density at radius 1 is 0.719 bits per heavy atom. The highest BCUT2D eigenvalue weighted by Crippen LogP contribution is 2.54. The van der Waals surface area contributed by atoms with Gasteiger partial charge in [0.1, 0.15) is 0 Å². The second-order valence-electron chi connectivity index (χ2n) is 6.29. The van der Waals surface area contributed by atoms with Gasteiger partial charge in [0.25, 0.3) is 11.8 Å². The zero-order valence-corrected chi connectivity index (χ0v) is 15.6. The average Bonchev–Trinajstić information content (AvgIpc) is 2.63. The van der Waals surface area contributed by atoms with Crippen molar-refractivity contribution < 1.29 is 61.7 Å². The molecule has 0 unspecified atom stereocenters. The summed E-state index contributed by atoms with van der Waals surface area (Å²) in [5.41, 5.74) is -1.19. The van der Waals surface area contributed by atoms with E-state index in [-0.39, 0.29) is 10.8 Å². The van der Waals surface area contributed by atoms with Crippen LogP contribution in [-0.2, 0) is 14.5 Å². The third-order valence-corrected chi connectivity index (χ3v) is 5.48. The van der Waals surface area contributed by atoms with Gasteiger partial charge in [-0.3, -0.25) is 9.59 Å². The van der Waals surface area contributed by atoms with Crippen LogP contribution >= 0.6 is 0 Å². The molecule has 0 N–H and O–H groups in total. The van der Waals surface area contributed by atoms with Crippen molar-refractivity contribution in [2.75, 3.05) is 0 Å². The van der Waals surface area contributed by atoms with Crippen LogP contribution in [0.1, 0.15) is 20.7 Å². The smallest absolute Gasteiger partial charge is 0.267 e. The van der Waals surface area contributed by atoms with E-state index in [0.717, 1.165) is 12.1 Å². The van der Waals surface area contributed by atoms with Gasteiger partial charge in [0.15, 0.2) is 0 Å². The second kappa shape index (κ2) is 6.81. The van der Waals surface area contributed by atoms with E-state index in [1.54, 1.807) is 0 Å². The maximum Gasteiger partial charge on any atom is 0.460 e. The van der Waals surface area contributed by atoms with Crippen LogP contribution in [0.15, 0.2) is 36.4 Å². The Labute approximate surface area is 171 Å². The molecule has 0 aromatic heterocycles. The Morgan fingerprint density at radius 2 is 1.16 bits per heavy atom. The molecule has 174 valence electrons. The highest BCUT2D eigenvalue weighted by molar-refractivity contribution is 7.85. The molecule has 0 aliphatic carbocycles. The van der Waals surface area contributed by atoms with E-state index >= 15 is 0 Å². The van der Waals surface area contributed by atoms with Crippen LogP contribution in [0.5, 0.6) is 0 Å². The van der Waals surface area contributed by atoms with Crippen molar-refractivity contribution in [2.24, 2.45) is 0 Å². The Morgan fingerprint density at radius 3 is 1.56 bits per heavy atom. The number of alkyl halides is 9. The summed E-state index contributed by atoms with van der Waals surface area (Å²) in [4.78, 5) is 24.9. The summed E-state index contributed by atoms with van der Waals surface area (Å²) in [6.07, 6.45) is -14.3. The van der Waals surface area contributed by atoms with Crippen molar-refractivity contribution in [2.45, 2.75) is 24.1 Å². The van der Waals surface area contributed by atoms with Crippen molar-refractivity contribution in [3.8, 4) is 0 Å². The van der Waals surface area contributed by atoms with Crippen LogP contribution in [-0.4, -0.2) is 48.7 Å². The van der Waals surface area contributed by atoms with Crippen LogP contribution in [0.2, 0.25) is 0 Å². The third-order valence-electron chi connectivity index (χ3n) is 4.28. The van der Waals surface area contributed by atoms with Gasteiger partial charge in [0.2, 0.25) is 0 Å². The molecule has 2 aromatic rings. The summed E-state index contributed by atoms with van der Waals surface area (Å²) in [5.74, 6) is -18.7. The highest BCUT2D eigenvalue weighted by atomic mass is 32.2. The van der Waals surface area contributed by atoms with Gasteiger partial charge >= 0.3 is 34.4 Å². The summed E-state index contributed by atoms with van der Waals surface area (Å²) in [5, 5.41) is 0.0680. The lowest BCUT2D eigenvalue weighted by atomic mass is 9.95. The van der Waals surface area contributed by atoms with Gasteiger partial charge in [0.05, 0.1) is 0 Å². The lowest BCUT2D eigenvalue weighted by Crippen LogP contribution is -2.63. The van der Waals surface area contributed by atoms with Gasteiger partial charge in [-0.25, -0.2) is 0 Å². The molecule has 32 heavy (non-hydrogen) atoms. The molecule has 0 radical (unpaired) electrons. The number of hydrogen-bond donors (Lipinski definition) is 0. The molecule has 1 aliphatic heterocycles. The second-order valence-corrected chi connectivity index (χ2v) is 7.68. The first-order valence-electron chi connectivity index (χ1n) is 7.93. The number of rotatable bonds is 5. The van der Waals surface area contributed by atoms with E-state index in [4.69, 9.17) is 0 Å². The van der Waals surface area contributed by atoms with E-state index < -0.39 is 61.7 Å². The van der Waals surface area contributed by atoms with Crippen molar-refractivity contribution >= 4 is 32.9 Å². The molecule has 6 nitrogen and oxygen atoms in total. The summed E-state index contributed by atoms with van der Waals surface area (Å²) in [6, 6.07) is 6.94. The van der Waals surface area contributed by atoms with Crippen LogP contribution in [0.4, 0.5) is 39.5 Å². The van der Waals surface area contributed by atoms with Gasteiger partial charge in [-0.05, 0) is 17.5 Å². The molecule has 0 atom stereocenters. The molecule has 1 aliphatic rings. The summed E-state index contributed by atoms with van der Waals surface area (Å²) >= 11 is 0. The summed E-state index contributed by atoms with van der Waals surface area (Å²) in [7, 11) is -6.66. The molecule has 1 heterocycles. The minimum Gasteiger partial charge on any atom is -0.267 e. The normalized spacial score (nSPS) is 16.1. The average molecular weight is 495 g/mol. The molecule has 16 heteroatoms. The van der Waals surface area contributed by atoms with Gasteiger partial charge in [-0.2, -0.15) is 52.1 Å². The zero-order chi connectivity index (χ0) is 24.5.